The molecule has 226 valence electrons. The molecule has 0 bridgehead atoms. The summed E-state index contributed by atoms with van der Waals surface area (Å²) in [5, 5.41) is 3.45. The number of esters is 1. The summed E-state index contributed by atoms with van der Waals surface area (Å²) in [4.78, 5) is 37.1. The maximum atomic E-state index is 13.6. The van der Waals surface area contributed by atoms with Crippen molar-refractivity contribution >= 4 is 48.7 Å². The number of methoxy groups -OCH3 is 1. The van der Waals surface area contributed by atoms with Crippen LogP contribution in [0.25, 0.3) is 10.3 Å². The van der Waals surface area contributed by atoms with Crippen LogP contribution in [-0.4, -0.2) is 85.9 Å². The Morgan fingerprint density at radius 3 is 2.43 bits per heavy atom. The zero-order chi connectivity index (χ0) is 29.7. The molecule has 1 saturated carbocycles. The zero-order valence-electron chi connectivity index (χ0n) is 24.0. The fourth-order valence-corrected chi connectivity index (χ4v) is 7.93. The summed E-state index contributed by atoms with van der Waals surface area (Å²) in [6.07, 6.45) is 5.19. The second-order valence-electron chi connectivity index (χ2n) is 10.7. The Hall–Kier alpha value is -3.13. The summed E-state index contributed by atoms with van der Waals surface area (Å²) in [6.45, 7) is 3.72. The van der Waals surface area contributed by atoms with E-state index in [2.05, 4.69) is 15.3 Å². The molecule has 11 nitrogen and oxygen atoms in total. The molecular weight excluding hydrogens is 578 g/mol. The molecule has 5 rings (SSSR count). The first-order valence-corrected chi connectivity index (χ1v) is 16.6. The van der Waals surface area contributed by atoms with E-state index >= 15 is 0 Å². The molecule has 1 amide bonds. The number of aromatic nitrogens is 2. The van der Waals surface area contributed by atoms with Gasteiger partial charge in [0.1, 0.15) is 10.3 Å². The highest BCUT2D eigenvalue weighted by Gasteiger charge is 2.31. The fourth-order valence-electron chi connectivity index (χ4n) is 5.67. The monoisotopic (exact) mass is 615 g/mol. The van der Waals surface area contributed by atoms with Gasteiger partial charge in [0.2, 0.25) is 21.8 Å². The number of carbonyl (C=O) groups is 2. The number of thiazole rings is 1. The third-order valence-electron chi connectivity index (χ3n) is 7.94. The van der Waals surface area contributed by atoms with Gasteiger partial charge in [-0.3, -0.25) is 14.5 Å². The molecule has 1 aromatic carbocycles. The maximum Gasteiger partial charge on any atom is 0.320 e. The van der Waals surface area contributed by atoms with Gasteiger partial charge in [0, 0.05) is 32.2 Å². The van der Waals surface area contributed by atoms with E-state index in [9.17, 15) is 18.0 Å². The Bertz CT molecular complexity index is 1500. The SMILES string of the molecule is CCOC(=O)CN1CCN(S(=O)(=O)c2ccc(C(CC3CCCC3)C(=O)Nc3nc4ccc(OC)nc4s3)cc2)CC1. The van der Waals surface area contributed by atoms with Crippen LogP contribution in [-0.2, 0) is 24.3 Å². The number of sulfonamides is 1. The molecule has 2 fully saturated rings. The van der Waals surface area contributed by atoms with Crippen molar-refractivity contribution in [1.82, 2.24) is 19.2 Å². The number of hydrogen-bond acceptors (Lipinski definition) is 10. The van der Waals surface area contributed by atoms with Crippen LogP contribution in [0.15, 0.2) is 41.3 Å². The van der Waals surface area contributed by atoms with Crippen LogP contribution < -0.4 is 10.1 Å². The first-order valence-electron chi connectivity index (χ1n) is 14.4. The van der Waals surface area contributed by atoms with Crippen LogP contribution in [0.2, 0.25) is 0 Å². The maximum absolute atomic E-state index is 13.6. The van der Waals surface area contributed by atoms with Gasteiger partial charge in [0.05, 0.1) is 31.1 Å². The number of pyridine rings is 1. The topological polar surface area (TPSA) is 131 Å². The van der Waals surface area contributed by atoms with Crippen molar-refractivity contribution in [2.45, 2.75) is 49.8 Å². The predicted octanol–water partition coefficient (Wildman–Crippen LogP) is 3.87. The third-order valence-corrected chi connectivity index (χ3v) is 10.7. The minimum absolute atomic E-state index is 0.155. The van der Waals surface area contributed by atoms with E-state index < -0.39 is 15.9 Å². The number of benzene rings is 1. The van der Waals surface area contributed by atoms with Crippen molar-refractivity contribution in [1.29, 1.82) is 0 Å². The van der Waals surface area contributed by atoms with Gasteiger partial charge in [-0.1, -0.05) is 49.2 Å². The summed E-state index contributed by atoms with van der Waals surface area (Å²) in [6, 6.07) is 10.2. The molecule has 1 saturated heterocycles. The van der Waals surface area contributed by atoms with Gasteiger partial charge in [-0.05, 0) is 43.0 Å². The van der Waals surface area contributed by atoms with Crippen molar-refractivity contribution in [3.05, 3.63) is 42.0 Å². The van der Waals surface area contributed by atoms with Crippen molar-refractivity contribution in [3.8, 4) is 5.88 Å². The minimum Gasteiger partial charge on any atom is -0.481 e. The number of nitrogens with zero attached hydrogens (tertiary/aromatic N) is 4. The molecule has 2 aromatic heterocycles. The highest BCUT2D eigenvalue weighted by molar-refractivity contribution is 7.89. The predicted molar refractivity (Wildman–Crippen MR) is 160 cm³/mol. The van der Waals surface area contributed by atoms with Crippen molar-refractivity contribution in [2.24, 2.45) is 5.92 Å². The second kappa shape index (κ2) is 13.4. The summed E-state index contributed by atoms with van der Waals surface area (Å²) in [5.74, 6) is 0.0146. The van der Waals surface area contributed by atoms with Gasteiger partial charge in [0.25, 0.3) is 0 Å². The average molecular weight is 616 g/mol. The largest absolute Gasteiger partial charge is 0.481 e. The van der Waals surface area contributed by atoms with Gasteiger partial charge in [-0.2, -0.15) is 4.31 Å². The van der Waals surface area contributed by atoms with Crippen molar-refractivity contribution in [3.63, 3.8) is 0 Å². The second-order valence-corrected chi connectivity index (χ2v) is 13.6. The quantitative estimate of drug-likeness (QED) is 0.319. The average Bonchev–Trinajstić information content (AvgIpc) is 3.65. The van der Waals surface area contributed by atoms with E-state index in [-0.39, 0.29) is 23.3 Å². The van der Waals surface area contributed by atoms with Crippen LogP contribution >= 0.6 is 11.3 Å². The fraction of sp³-hybridized carbons (Fsp3) is 0.517. The number of ether oxygens (including phenoxy) is 2. The van der Waals surface area contributed by atoms with E-state index in [1.165, 1.54) is 15.6 Å². The summed E-state index contributed by atoms with van der Waals surface area (Å²) in [5.41, 5.74) is 1.46. The minimum atomic E-state index is -3.71. The molecule has 0 spiro atoms. The number of nitrogens with one attached hydrogen (secondary N) is 1. The molecule has 2 aliphatic rings. The Morgan fingerprint density at radius 1 is 1.05 bits per heavy atom. The number of fused-ring (bicyclic) bond motifs is 1. The van der Waals surface area contributed by atoms with E-state index in [4.69, 9.17) is 9.47 Å². The lowest BCUT2D eigenvalue weighted by atomic mass is 9.87. The number of piperazine rings is 1. The highest BCUT2D eigenvalue weighted by atomic mass is 32.2. The summed E-state index contributed by atoms with van der Waals surface area (Å²) < 4.78 is 38.4. The Balaban J connectivity index is 1.29. The lowest BCUT2D eigenvalue weighted by Gasteiger charge is -2.33. The van der Waals surface area contributed by atoms with E-state index in [1.54, 1.807) is 44.4 Å². The molecule has 13 heteroatoms. The lowest BCUT2D eigenvalue weighted by Crippen LogP contribution is -2.49. The number of amides is 1. The molecule has 1 aliphatic carbocycles. The van der Waals surface area contributed by atoms with Crippen LogP contribution in [0.1, 0.15) is 50.5 Å². The summed E-state index contributed by atoms with van der Waals surface area (Å²) in [7, 11) is -2.16. The van der Waals surface area contributed by atoms with Gasteiger partial charge in [-0.25, -0.2) is 18.4 Å². The van der Waals surface area contributed by atoms with E-state index in [0.717, 1.165) is 31.2 Å². The number of anilines is 1. The van der Waals surface area contributed by atoms with Crippen LogP contribution in [0.4, 0.5) is 5.13 Å². The van der Waals surface area contributed by atoms with Crippen LogP contribution in [0.5, 0.6) is 5.88 Å². The number of rotatable bonds is 11. The van der Waals surface area contributed by atoms with Gasteiger partial charge in [-0.15, -0.1) is 0 Å². The smallest absolute Gasteiger partial charge is 0.320 e. The van der Waals surface area contributed by atoms with Crippen LogP contribution in [0, 0.1) is 5.92 Å². The lowest BCUT2D eigenvalue weighted by molar-refractivity contribution is -0.144. The highest BCUT2D eigenvalue weighted by Crippen LogP contribution is 2.36. The number of carbonyl (C=O) groups excluding carboxylic acids is 2. The molecule has 1 aliphatic heterocycles. The molecule has 3 heterocycles. The molecule has 1 atom stereocenters. The van der Waals surface area contributed by atoms with Crippen LogP contribution in [0.3, 0.4) is 0 Å². The molecule has 1 unspecified atom stereocenters. The Kier molecular flexibility index (Phi) is 9.71. The van der Waals surface area contributed by atoms with E-state index in [1.807, 2.05) is 11.0 Å². The van der Waals surface area contributed by atoms with Gasteiger partial charge < -0.3 is 14.8 Å². The summed E-state index contributed by atoms with van der Waals surface area (Å²) >= 11 is 1.29. The van der Waals surface area contributed by atoms with Gasteiger partial charge in [0.15, 0.2) is 5.13 Å². The first-order chi connectivity index (χ1) is 20.3. The Labute approximate surface area is 250 Å². The normalized spacial score (nSPS) is 17.8. The Morgan fingerprint density at radius 2 is 1.76 bits per heavy atom. The first kappa shape index (κ1) is 30.3. The molecule has 0 radical (unpaired) electrons. The van der Waals surface area contributed by atoms with E-state index in [0.29, 0.717) is 66.5 Å². The zero-order valence-corrected chi connectivity index (χ0v) is 25.6. The molecular formula is C29H37N5O6S2. The molecule has 42 heavy (non-hydrogen) atoms. The van der Waals surface area contributed by atoms with Crippen molar-refractivity contribution in [2.75, 3.05) is 51.8 Å². The molecule has 1 N–H and O–H groups in total. The number of hydrogen-bond donors (Lipinski definition) is 1. The standard InChI is InChI=1S/C29H37N5O6S2/c1-3-40-26(35)19-33-14-16-34(17-15-33)42(37,38)22-10-8-21(9-11-22)23(18-20-6-4-5-7-20)27(36)32-29-30-24-12-13-25(39-2)31-28(24)41-29/h8-13,20,23H,3-7,14-19H2,1-2H3,(H,30,32,36). The van der Waals surface area contributed by atoms with Crippen molar-refractivity contribution < 1.29 is 27.5 Å². The molecule has 3 aromatic rings. The van der Waals surface area contributed by atoms with Gasteiger partial charge >= 0.3 is 5.97 Å². The third kappa shape index (κ3) is 7.08.